The number of allylic oxidation sites excluding steroid dienone is 2. The van der Waals surface area contributed by atoms with Crippen LogP contribution in [0.3, 0.4) is 0 Å². The average molecular weight is 389 g/mol. The molecule has 0 aromatic heterocycles. The van der Waals surface area contributed by atoms with Crippen molar-refractivity contribution in [2.75, 3.05) is 6.61 Å². The first-order valence-electron chi connectivity index (χ1n) is 11.3. The highest BCUT2D eigenvalue weighted by Crippen LogP contribution is 2.37. The lowest BCUT2D eigenvalue weighted by atomic mass is 9.77. The number of benzene rings is 2. The van der Waals surface area contributed by atoms with Gasteiger partial charge < -0.3 is 4.74 Å². The lowest BCUT2D eigenvalue weighted by Gasteiger charge is -2.28. The zero-order valence-electron chi connectivity index (χ0n) is 18.0. The van der Waals surface area contributed by atoms with Gasteiger partial charge in [-0.15, -0.1) is 6.58 Å². The Bertz CT molecular complexity index is 746. The van der Waals surface area contributed by atoms with Crippen LogP contribution in [0.5, 0.6) is 0 Å². The van der Waals surface area contributed by atoms with Crippen molar-refractivity contribution >= 4 is 0 Å². The maximum Gasteiger partial charge on any atom is 0.0717 e. The van der Waals surface area contributed by atoms with Gasteiger partial charge in [0.2, 0.25) is 0 Å². The smallest absolute Gasteiger partial charge is 0.0717 e. The summed E-state index contributed by atoms with van der Waals surface area (Å²) in [5.41, 5.74) is 5.31. The normalized spacial score (nSPS) is 19.5. The Morgan fingerprint density at radius 3 is 2.17 bits per heavy atom. The van der Waals surface area contributed by atoms with Crippen molar-refractivity contribution in [2.24, 2.45) is 5.92 Å². The van der Waals surface area contributed by atoms with Gasteiger partial charge in [0.15, 0.2) is 0 Å². The number of ether oxygens (including phenoxy) is 1. The third kappa shape index (κ3) is 6.72. The fourth-order valence-electron chi connectivity index (χ4n) is 4.28. The van der Waals surface area contributed by atoms with Crippen LogP contribution in [-0.4, -0.2) is 6.61 Å². The molecule has 1 fully saturated rings. The van der Waals surface area contributed by atoms with Crippen molar-refractivity contribution in [1.82, 2.24) is 0 Å². The van der Waals surface area contributed by atoms with Crippen molar-refractivity contribution < 1.29 is 4.74 Å². The quantitative estimate of drug-likeness (QED) is 0.295. The molecule has 1 nitrogen and oxygen atoms in total. The Hall–Kier alpha value is -2.12. The summed E-state index contributed by atoms with van der Waals surface area (Å²) in [5, 5.41) is 0. The van der Waals surface area contributed by atoms with E-state index >= 15 is 0 Å². The van der Waals surface area contributed by atoms with Gasteiger partial charge in [0.1, 0.15) is 0 Å². The number of rotatable bonds is 10. The summed E-state index contributed by atoms with van der Waals surface area (Å²) >= 11 is 0. The zero-order valence-corrected chi connectivity index (χ0v) is 18.0. The molecule has 0 amide bonds. The molecule has 0 aliphatic heterocycles. The lowest BCUT2D eigenvalue weighted by Crippen LogP contribution is -2.12. The average Bonchev–Trinajstić information content (AvgIpc) is 2.78. The SMILES string of the molecule is C=CCCOCc1ccc(-c2ccc([C@H]3CC[C@H](C/C=C/CC)CC3)cc2)cc1. The minimum atomic E-state index is 0.671. The van der Waals surface area contributed by atoms with Crippen molar-refractivity contribution in [3.8, 4) is 11.1 Å². The van der Waals surface area contributed by atoms with Crippen LogP contribution in [0, 0.1) is 5.92 Å². The molecule has 0 N–H and O–H groups in total. The van der Waals surface area contributed by atoms with Gasteiger partial charge >= 0.3 is 0 Å². The van der Waals surface area contributed by atoms with Gasteiger partial charge in [-0.05, 0) is 79.0 Å². The van der Waals surface area contributed by atoms with Crippen LogP contribution in [0.1, 0.15) is 68.9 Å². The Labute approximate surface area is 177 Å². The molecule has 1 heteroatoms. The number of hydrogen-bond acceptors (Lipinski definition) is 1. The van der Waals surface area contributed by atoms with E-state index in [-0.39, 0.29) is 0 Å². The van der Waals surface area contributed by atoms with Crippen LogP contribution >= 0.6 is 0 Å². The molecule has 1 aliphatic rings. The van der Waals surface area contributed by atoms with Crippen molar-refractivity contribution in [3.63, 3.8) is 0 Å². The highest BCUT2D eigenvalue weighted by atomic mass is 16.5. The Kier molecular flexibility index (Phi) is 8.77. The topological polar surface area (TPSA) is 9.23 Å². The van der Waals surface area contributed by atoms with Gasteiger partial charge in [0.05, 0.1) is 13.2 Å². The van der Waals surface area contributed by atoms with Crippen molar-refractivity contribution in [1.29, 1.82) is 0 Å². The second-order valence-electron chi connectivity index (χ2n) is 8.28. The van der Waals surface area contributed by atoms with E-state index in [0.717, 1.165) is 31.3 Å². The predicted octanol–water partition coefficient (Wildman–Crippen LogP) is 8.08. The van der Waals surface area contributed by atoms with E-state index in [1.165, 1.54) is 54.4 Å². The Morgan fingerprint density at radius 2 is 1.55 bits per heavy atom. The highest BCUT2D eigenvalue weighted by molar-refractivity contribution is 5.64. The summed E-state index contributed by atoms with van der Waals surface area (Å²) in [4.78, 5) is 0. The first kappa shape index (κ1) is 21.6. The van der Waals surface area contributed by atoms with E-state index in [9.17, 15) is 0 Å². The fraction of sp³-hybridized carbons (Fsp3) is 0.429. The van der Waals surface area contributed by atoms with Crippen LogP contribution in [0.4, 0.5) is 0 Å². The third-order valence-electron chi connectivity index (χ3n) is 6.12. The maximum absolute atomic E-state index is 5.65. The summed E-state index contributed by atoms with van der Waals surface area (Å²) in [5.74, 6) is 1.64. The van der Waals surface area contributed by atoms with Crippen LogP contribution in [0.15, 0.2) is 73.3 Å². The summed E-state index contributed by atoms with van der Waals surface area (Å²) in [6.45, 7) is 7.35. The van der Waals surface area contributed by atoms with E-state index in [2.05, 4.69) is 74.2 Å². The molecular formula is C28H36O. The Morgan fingerprint density at radius 1 is 0.897 bits per heavy atom. The fourth-order valence-corrected chi connectivity index (χ4v) is 4.28. The molecule has 0 atom stereocenters. The maximum atomic E-state index is 5.65. The van der Waals surface area contributed by atoms with E-state index in [1.54, 1.807) is 0 Å². The van der Waals surface area contributed by atoms with Gasteiger partial charge in [-0.1, -0.05) is 73.7 Å². The molecule has 0 bridgehead atoms. The first-order valence-corrected chi connectivity index (χ1v) is 11.3. The van der Waals surface area contributed by atoms with Gasteiger partial charge in [-0.3, -0.25) is 0 Å². The molecule has 0 heterocycles. The van der Waals surface area contributed by atoms with E-state index in [4.69, 9.17) is 4.74 Å². The van der Waals surface area contributed by atoms with Gasteiger partial charge in [0.25, 0.3) is 0 Å². The van der Waals surface area contributed by atoms with Crippen LogP contribution in [0.2, 0.25) is 0 Å². The predicted molar refractivity (Wildman–Crippen MR) is 125 cm³/mol. The molecule has 3 rings (SSSR count). The standard InChI is InChI=1S/C28H36O/c1-3-5-7-8-23-9-13-25(14-10-23)27-17-19-28(20-18-27)26-15-11-24(12-16-26)22-29-21-6-4-2/h4-5,7,11-12,15-20,23,25H,2-3,6,8-10,13-14,21-22H2,1H3/b7-5+/t23-,25-. The molecule has 154 valence electrons. The van der Waals surface area contributed by atoms with Crippen LogP contribution in [-0.2, 0) is 11.3 Å². The molecular weight excluding hydrogens is 352 g/mol. The summed E-state index contributed by atoms with van der Waals surface area (Å²) in [6.07, 6.45) is 15.3. The first-order chi connectivity index (χ1) is 14.3. The molecule has 0 radical (unpaired) electrons. The second kappa shape index (κ2) is 11.8. The van der Waals surface area contributed by atoms with Crippen molar-refractivity contribution in [2.45, 2.75) is 64.4 Å². The second-order valence-corrected chi connectivity index (χ2v) is 8.28. The third-order valence-corrected chi connectivity index (χ3v) is 6.12. The molecule has 1 aliphatic carbocycles. The Balaban J connectivity index is 1.51. The summed E-state index contributed by atoms with van der Waals surface area (Å²) < 4.78 is 5.65. The van der Waals surface area contributed by atoms with E-state index in [0.29, 0.717) is 6.61 Å². The lowest BCUT2D eigenvalue weighted by molar-refractivity contribution is 0.125. The largest absolute Gasteiger partial charge is 0.376 e. The zero-order chi connectivity index (χ0) is 20.3. The minimum absolute atomic E-state index is 0.671. The summed E-state index contributed by atoms with van der Waals surface area (Å²) in [7, 11) is 0. The minimum Gasteiger partial charge on any atom is -0.376 e. The van der Waals surface area contributed by atoms with Crippen LogP contribution < -0.4 is 0 Å². The number of hydrogen-bond donors (Lipinski definition) is 0. The van der Waals surface area contributed by atoms with Gasteiger partial charge in [-0.25, -0.2) is 0 Å². The van der Waals surface area contributed by atoms with Crippen molar-refractivity contribution in [3.05, 3.63) is 84.5 Å². The summed E-state index contributed by atoms with van der Waals surface area (Å²) in [6, 6.07) is 18.0. The molecule has 2 aromatic rings. The highest BCUT2D eigenvalue weighted by Gasteiger charge is 2.21. The van der Waals surface area contributed by atoms with Crippen LogP contribution in [0.25, 0.3) is 11.1 Å². The monoisotopic (exact) mass is 388 g/mol. The molecule has 0 spiro atoms. The van der Waals surface area contributed by atoms with Gasteiger partial charge in [-0.2, -0.15) is 0 Å². The molecule has 2 aromatic carbocycles. The molecule has 29 heavy (non-hydrogen) atoms. The van der Waals surface area contributed by atoms with Gasteiger partial charge in [0, 0.05) is 0 Å². The van der Waals surface area contributed by atoms with E-state index in [1.807, 2.05) is 6.08 Å². The molecule has 0 unspecified atom stereocenters. The van der Waals surface area contributed by atoms with E-state index < -0.39 is 0 Å². The molecule has 1 saturated carbocycles. The molecule has 0 saturated heterocycles.